The molecule has 0 saturated heterocycles. The van der Waals surface area contributed by atoms with Crippen LogP contribution in [-0.4, -0.2) is 14.3 Å². The summed E-state index contributed by atoms with van der Waals surface area (Å²) < 4.78 is 29.0. The highest BCUT2D eigenvalue weighted by molar-refractivity contribution is 7.92. The third kappa shape index (κ3) is 5.61. The molecule has 6 heteroatoms. The first-order chi connectivity index (χ1) is 16.7. The lowest BCUT2D eigenvalue weighted by Crippen LogP contribution is -2.30. The minimum atomic E-state index is -3.89. The summed E-state index contributed by atoms with van der Waals surface area (Å²) in [6, 6.07) is 29.1. The van der Waals surface area contributed by atoms with Crippen molar-refractivity contribution in [3.63, 3.8) is 0 Å². The first-order valence-electron chi connectivity index (χ1n) is 11.4. The number of nitrogens with one attached hydrogen (secondary N) is 2. The molecular weight excluding hydrogens is 456 g/mol. The van der Waals surface area contributed by atoms with Gasteiger partial charge in [0.2, 0.25) is 0 Å². The van der Waals surface area contributed by atoms with Crippen LogP contribution in [0.2, 0.25) is 0 Å². The summed E-state index contributed by atoms with van der Waals surface area (Å²) in [5.41, 5.74) is 5.22. The van der Waals surface area contributed by atoms with Crippen LogP contribution < -0.4 is 10.0 Å². The van der Waals surface area contributed by atoms with E-state index in [1.165, 1.54) is 6.07 Å². The second-order valence-electron chi connectivity index (χ2n) is 8.63. The van der Waals surface area contributed by atoms with Crippen LogP contribution in [0.25, 0.3) is 0 Å². The van der Waals surface area contributed by atoms with Gasteiger partial charge in [0.1, 0.15) is 0 Å². The fraction of sp³-hybridized carbons (Fsp3) is 0.138. The highest BCUT2D eigenvalue weighted by Crippen LogP contribution is 2.26. The fourth-order valence-corrected chi connectivity index (χ4v) is 5.38. The van der Waals surface area contributed by atoms with Gasteiger partial charge in [0.25, 0.3) is 15.9 Å². The van der Waals surface area contributed by atoms with Crippen molar-refractivity contribution in [1.82, 2.24) is 5.32 Å². The van der Waals surface area contributed by atoms with Gasteiger partial charge >= 0.3 is 0 Å². The molecule has 0 bridgehead atoms. The summed E-state index contributed by atoms with van der Waals surface area (Å²) >= 11 is 0. The monoisotopic (exact) mass is 484 g/mol. The minimum absolute atomic E-state index is 0.0683. The third-order valence-electron chi connectivity index (χ3n) is 5.92. The van der Waals surface area contributed by atoms with E-state index in [0.717, 1.165) is 22.3 Å². The number of carbonyl (C=O) groups is 1. The summed E-state index contributed by atoms with van der Waals surface area (Å²) in [6.45, 7) is 5.61. The fourth-order valence-electron chi connectivity index (χ4n) is 4.06. The van der Waals surface area contributed by atoms with Crippen LogP contribution in [0.5, 0.6) is 0 Å². The molecule has 4 aromatic rings. The molecule has 0 heterocycles. The quantitative estimate of drug-likeness (QED) is 0.341. The maximum Gasteiger partial charge on any atom is 0.262 e. The Morgan fingerprint density at radius 2 is 1.46 bits per heavy atom. The van der Waals surface area contributed by atoms with E-state index in [1.54, 1.807) is 37.3 Å². The molecule has 0 fully saturated rings. The Morgan fingerprint density at radius 3 is 2.17 bits per heavy atom. The molecule has 0 saturated carbocycles. The third-order valence-corrected chi connectivity index (χ3v) is 7.44. The molecule has 0 aromatic heterocycles. The predicted octanol–water partition coefficient (Wildman–Crippen LogP) is 5.93. The second-order valence-corrected chi connectivity index (χ2v) is 10.3. The maximum atomic E-state index is 13.4. The van der Waals surface area contributed by atoms with Crippen LogP contribution in [0, 0.1) is 20.8 Å². The van der Waals surface area contributed by atoms with Crippen LogP contribution >= 0.6 is 0 Å². The molecule has 0 unspecified atom stereocenters. The predicted molar refractivity (Wildman–Crippen MR) is 140 cm³/mol. The van der Waals surface area contributed by atoms with E-state index in [9.17, 15) is 13.2 Å². The molecule has 1 atom stereocenters. The van der Waals surface area contributed by atoms with Crippen LogP contribution in [0.15, 0.2) is 102 Å². The highest BCUT2D eigenvalue weighted by Gasteiger charge is 2.22. The van der Waals surface area contributed by atoms with Crippen molar-refractivity contribution in [2.24, 2.45) is 0 Å². The van der Waals surface area contributed by atoms with Gasteiger partial charge in [0.05, 0.1) is 10.9 Å². The number of benzene rings is 4. The number of sulfonamides is 1. The first kappa shape index (κ1) is 24.2. The van der Waals surface area contributed by atoms with Crippen LogP contribution in [0.4, 0.5) is 5.69 Å². The number of anilines is 1. The average Bonchev–Trinajstić information content (AvgIpc) is 2.83. The van der Waals surface area contributed by atoms with Gasteiger partial charge in [-0.3, -0.25) is 9.52 Å². The Bertz CT molecular complexity index is 1460. The summed E-state index contributed by atoms with van der Waals surface area (Å²) in [5, 5.41) is 3.11. The Labute approximate surface area is 206 Å². The Balaban J connectivity index is 1.66. The molecule has 5 nitrogen and oxygen atoms in total. The van der Waals surface area contributed by atoms with Gasteiger partial charge in [-0.25, -0.2) is 8.42 Å². The molecule has 0 spiro atoms. The maximum absolute atomic E-state index is 13.4. The lowest BCUT2D eigenvalue weighted by molar-refractivity contribution is 0.0942. The molecule has 0 aliphatic rings. The Morgan fingerprint density at radius 1 is 0.743 bits per heavy atom. The standard InChI is InChI=1S/C29H28N2O3S/c1-20-10-9-14-25(18-20)31-35(33,34)27-19-24(17-16-22(27)3)29(32)30-28(23-12-5-4-6-13-23)26-15-8-7-11-21(26)2/h4-19,28,31H,1-3H3,(H,30,32)/t28-/m0/s1. The van der Waals surface area contributed by atoms with Gasteiger partial charge in [-0.15, -0.1) is 0 Å². The molecular formula is C29H28N2O3S. The van der Waals surface area contributed by atoms with Gasteiger partial charge < -0.3 is 5.32 Å². The smallest absolute Gasteiger partial charge is 0.262 e. The number of amides is 1. The topological polar surface area (TPSA) is 75.3 Å². The van der Waals surface area contributed by atoms with Crippen molar-refractivity contribution < 1.29 is 13.2 Å². The average molecular weight is 485 g/mol. The number of hydrogen-bond donors (Lipinski definition) is 2. The SMILES string of the molecule is Cc1cccc(NS(=O)(=O)c2cc(C(=O)N[C@@H](c3ccccc3)c3ccccc3C)ccc2C)c1. The number of aryl methyl sites for hydroxylation is 3. The molecule has 4 aromatic carbocycles. The number of carbonyl (C=O) groups excluding carboxylic acids is 1. The molecule has 0 aliphatic heterocycles. The summed E-state index contributed by atoms with van der Waals surface area (Å²) in [6.07, 6.45) is 0. The highest BCUT2D eigenvalue weighted by atomic mass is 32.2. The Hall–Kier alpha value is -3.90. The van der Waals surface area contributed by atoms with Gasteiger partial charge in [0.15, 0.2) is 0 Å². The summed E-state index contributed by atoms with van der Waals surface area (Å²) in [4.78, 5) is 13.4. The lowest BCUT2D eigenvalue weighted by atomic mass is 9.94. The van der Waals surface area contributed by atoms with Crippen molar-refractivity contribution >= 4 is 21.6 Å². The molecule has 178 valence electrons. The first-order valence-corrected chi connectivity index (χ1v) is 12.8. The molecule has 35 heavy (non-hydrogen) atoms. The zero-order valence-corrected chi connectivity index (χ0v) is 20.8. The van der Waals surface area contributed by atoms with E-state index in [-0.39, 0.29) is 22.4 Å². The minimum Gasteiger partial charge on any atom is -0.341 e. The molecule has 1 amide bonds. The van der Waals surface area contributed by atoms with Gasteiger partial charge in [-0.1, -0.05) is 72.8 Å². The zero-order valence-electron chi connectivity index (χ0n) is 19.9. The second kappa shape index (κ2) is 10.2. The summed E-state index contributed by atoms with van der Waals surface area (Å²) in [5.74, 6) is -0.353. The number of hydrogen-bond acceptors (Lipinski definition) is 3. The van der Waals surface area contributed by atoms with Crippen LogP contribution in [0.3, 0.4) is 0 Å². The van der Waals surface area contributed by atoms with Crippen molar-refractivity contribution in [3.8, 4) is 0 Å². The number of rotatable bonds is 7. The van der Waals surface area contributed by atoms with E-state index in [0.29, 0.717) is 11.3 Å². The van der Waals surface area contributed by atoms with Gasteiger partial charge in [-0.05, 0) is 72.9 Å². The molecule has 4 rings (SSSR count). The van der Waals surface area contributed by atoms with Crippen LogP contribution in [-0.2, 0) is 10.0 Å². The van der Waals surface area contributed by atoms with E-state index in [1.807, 2.05) is 74.5 Å². The zero-order chi connectivity index (χ0) is 25.0. The van der Waals surface area contributed by atoms with E-state index in [4.69, 9.17) is 0 Å². The summed E-state index contributed by atoms with van der Waals surface area (Å²) in [7, 11) is -3.89. The van der Waals surface area contributed by atoms with Gasteiger partial charge in [0, 0.05) is 11.3 Å². The molecule has 2 N–H and O–H groups in total. The largest absolute Gasteiger partial charge is 0.341 e. The van der Waals surface area contributed by atoms with E-state index < -0.39 is 10.0 Å². The van der Waals surface area contributed by atoms with Crippen molar-refractivity contribution in [3.05, 3.63) is 130 Å². The van der Waals surface area contributed by atoms with E-state index in [2.05, 4.69) is 10.0 Å². The van der Waals surface area contributed by atoms with E-state index >= 15 is 0 Å². The van der Waals surface area contributed by atoms with Crippen molar-refractivity contribution in [2.45, 2.75) is 31.7 Å². The molecule has 0 radical (unpaired) electrons. The van der Waals surface area contributed by atoms with Crippen molar-refractivity contribution in [2.75, 3.05) is 4.72 Å². The Kier molecular flexibility index (Phi) is 7.03. The van der Waals surface area contributed by atoms with Crippen molar-refractivity contribution in [1.29, 1.82) is 0 Å². The van der Waals surface area contributed by atoms with Crippen LogP contribution in [0.1, 0.15) is 44.2 Å². The van der Waals surface area contributed by atoms with Gasteiger partial charge in [-0.2, -0.15) is 0 Å². The molecule has 0 aliphatic carbocycles. The lowest BCUT2D eigenvalue weighted by Gasteiger charge is -2.22. The normalized spacial score (nSPS) is 12.1.